The molecule has 0 bridgehead atoms. The van der Waals surface area contributed by atoms with Crippen molar-refractivity contribution in [1.82, 2.24) is 15.0 Å². The molecule has 1 fully saturated rings. The van der Waals surface area contributed by atoms with Crippen LogP contribution in [0.3, 0.4) is 0 Å². The minimum absolute atomic E-state index is 0.157. The van der Waals surface area contributed by atoms with E-state index in [1.54, 1.807) is 0 Å². The first-order valence-corrected chi connectivity index (χ1v) is 7.28. The Balaban J connectivity index is 1.84. The maximum atomic E-state index is 5.81. The van der Waals surface area contributed by atoms with Crippen LogP contribution < -0.4 is 10.1 Å². The van der Waals surface area contributed by atoms with Gasteiger partial charge in [-0.2, -0.15) is 15.0 Å². The van der Waals surface area contributed by atoms with Gasteiger partial charge >= 0.3 is 6.01 Å². The second-order valence-electron chi connectivity index (χ2n) is 5.09. The molecule has 1 saturated carbocycles. The topological polar surface area (TPSA) is 59.9 Å². The van der Waals surface area contributed by atoms with Crippen molar-refractivity contribution in [3.05, 3.63) is 5.28 Å². The highest BCUT2D eigenvalue weighted by molar-refractivity contribution is 6.28. The summed E-state index contributed by atoms with van der Waals surface area (Å²) >= 11 is 5.81. The van der Waals surface area contributed by atoms with Gasteiger partial charge in [-0.3, -0.25) is 0 Å². The fraction of sp³-hybridized carbons (Fsp3) is 0.769. The Morgan fingerprint density at radius 3 is 2.47 bits per heavy atom. The second kappa shape index (κ2) is 6.89. The van der Waals surface area contributed by atoms with Gasteiger partial charge < -0.3 is 10.1 Å². The van der Waals surface area contributed by atoms with Gasteiger partial charge in [0.1, 0.15) is 0 Å². The van der Waals surface area contributed by atoms with Gasteiger partial charge in [-0.15, -0.1) is 0 Å². The number of aromatic nitrogens is 3. The minimum Gasteiger partial charge on any atom is -0.467 e. The molecule has 1 heterocycles. The van der Waals surface area contributed by atoms with Crippen molar-refractivity contribution in [1.29, 1.82) is 0 Å². The maximum absolute atomic E-state index is 5.81. The Bertz CT molecular complexity index is 408. The predicted octanol–water partition coefficient (Wildman–Crippen LogP) is 3.16. The molecule has 0 aromatic carbocycles. The average molecular weight is 285 g/mol. The zero-order valence-electron chi connectivity index (χ0n) is 11.5. The summed E-state index contributed by atoms with van der Waals surface area (Å²) in [4.78, 5) is 12.0. The molecule has 1 aliphatic carbocycles. The number of hydrogen-bond donors (Lipinski definition) is 1. The largest absolute Gasteiger partial charge is 0.467 e. The lowest BCUT2D eigenvalue weighted by atomic mass is 9.81. The fourth-order valence-corrected chi connectivity index (χ4v) is 2.73. The van der Waals surface area contributed by atoms with Crippen molar-refractivity contribution in [3.63, 3.8) is 0 Å². The van der Waals surface area contributed by atoms with Crippen LogP contribution in [-0.4, -0.2) is 28.6 Å². The molecule has 1 aromatic rings. The van der Waals surface area contributed by atoms with Crippen LogP contribution in [0.1, 0.15) is 39.0 Å². The molecule has 2 rings (SSSR count). The van der Waals surface area contributed by atoms with Gasteiger partial charge in [0.15, 0.2) is 0 Å². The lowest BCUT2D eigenvalue weighted by Gasteiger charge is -2.27. The molecule has 19 heavy (non-hydrogen) atoms. The quantitative estimate of drug-likeness (QED) is 0.900. The zero-order valence-corrected chi connectivity index (χ0v) is 12.3. The zero-order chi connectivity index (χ0) is 13.7. The third-order valence-electron chi connectivity index (χ3n) is 3.86. The molecule has 0 radical (unpaired) electrons. The van der Waals surface area contributed by atoms with Gasteiger partial charge in [0.25, 0.3) is 0 Å². The standard InChI is InChI=1S/C13H21ClN4O/c1-3-9-4-6-10(7-5-9)8-15-12-16-11(14)17-13(18-12)19-2/h9-10H,3-8H2,1-2H3,(H,15,16,17,18). The van der Waals surface area contributed by atoms with Gasteiger partial charge in [0.2, 0.25) is 11.2 Å². The van der Waals surface area contributed by atoms with E-state index < -0.39 is 0 Å². The molecule has 1 aromatic heterocycles. The van der Waals surface area contributed by atoms with Gasteiger partial charge in [-0.05, 0) is 36.3 Å². The summed E-state index contributed by atoms with van der Waals surface area (Å²) in [5.41, 5.74) is 0. The van der Waals surface area contributed by atoms with E-state index in [9.17, 15) is 0 Å². The van der Waals surface area contributed by atoms with Crippen molar-refractivity contribution in [2.75, 3.05) is 19.0 Å². The third-order valence-corrected chi connectivity index (χ3v) is 4.03. The van der Waals surface area contributed by atoms with Crippen LogP contribution in [-0.2, 0) is 0 Å². The monoisotopic (exact) mass is 284 g/mol. The maximum Gasteiger partial charge on any atom is 0.322 e. The highest BCUT2D eigenvalue weighted by Crippen LogP contribution is 2.30. The first kappa shape index (κ1) is 14.3. The Morgan fingerprint density at radius 2 is 1.84 bits per heavy atom. The van der Waals surface area contributed by atoms with Crippen molar-refractivity contribution < 1.29 is 4.74 Å². The van der Waals surface area contributed by atoms with Gasteiger partial charge in [0, 0.05) is 6.54 Å². The van der Waals surface area contributed by atoms with Crippen molar-refractivity contribution in [2.24, 2.45) is 11.8 Å². The summed E-state index contributed by atoms with van der Waals surface area (Å²) in [6.07, 6.45) is 6.54. The minimum atomic E-state index is 0.157. The van der Waals surface area contributed by atoms with Gasteiger partial charge in [-0.1, -0.05) is 26.2 Å². The molecule has 1 aliphatic rings. The number of hydrogen-bond acceptors (Lipinski definition) is 5. The molecular weight excluding hydrogens is 264 g/mol. The molecule has 1 N–H and O–H groups in total. The van der Waals surface area contributed by atoms with E-state index in [0.29, 0.717) is 11.9 Å². The fourth-order valence-electron chi connectivity index (χ4n) is 2.58. The SMILES string of the molecule is CCC1CCC(CNc2nc(Cl)nc(OC)n2)CC1. The van der Waals surface area contributed by atoms with Gasteiger partial charge in [0.05, 0.1) is 7.11 Å². The lowest BCUT2D eigenvalue weighted by Crippen LogP contribution is -2.21. The van der Waals surface area contributed by atoms with Crippen LogP contribution in [0.5, 0.6) is 6.01 Å². The average Bonchev–Trinajstić information content (AvgIpc) is 2.45. The van der Waals surface area contributed by atoms with E-state index in [1.165, 1.54) is 39.2 Å². The summed E-state index contributed by atoms with van der Waals surface area (Å²) < 4.78 is 4.97. The molecular formula is C13H21ClN4O. The summed E-state index contributed by atoms with van der Waals surface area (Å²) in [5, 5.41) is 3.39. The molecule has 0 saturated heterocycles. The molecule has 0 aliphatic heterocycles. The highest BCUT2D eigenvalue weighted by Gasteiger charge is 2.20. The normalized spacial score (nSPS) is 23.1. The Kier molecular flexibility index (Phi) is 5.19. The van der Waals surface area contributed by atoms with Crippen LogP contribution in [0.2, 0.25) is 5.28 Å². The highest BCUT2D eigenvalue weighted by atomic mass is 35.5. The van der Waals surface area contributed by atoms with Crippen LogP contribution in [0.4, 0.5) is 5.95 Å². The molecule has 106 valence electrons. The predicted molar refractivity (Wildman–Crippen MR) is 75.6 cm³/mol. The number of methoxy groups -OCH3 is 1. The summed E-state index contributed by atoms with van der Waals surface area (Å²) in [7, 11) is 1.52. The number of rotatable bonds is 5. The second-order valence-corrected chi connectivity index (χ2v) is 5.43. The smallest absolute Gasteiger partial charge is 0.322 e. The van der Waals surface area contributed by atoms with E-state index in [-0.39, 0.29) is 11.3 Å². The van der Waals surface area contributed by atoms with E-state index >= 15 is 0 Å². The molecule has 0 spiro atoms. The number of halogens is 1. The summed E-state index contributed by atoms with van der Waals surface area (Å²) in [6, 6.07) is 0.247. The van der Waals surface area contributed by atoms with Crippen molar-refractivity contribution in [3.8, 4) is 6.01 Å². The van der Waals surface area contributed by atoms with Crippen LogP contribution >= 0.6 is 11.6 Å². The Morgan fingerprint density at radius 1 is 1.16 bits per heavy atom. The molecule has 0 amide bonds. The lowest BCUT2D eigenvalue weighted by molar-refractivity contribution is 0.278. The summed E-state index contributed by atoms with van der Waals surface area (Å²) in [6.45, 7) is 3.17. The Hall–Kier alpha value is -1.10. The number of ether oxygens (including phenoxy) is 1. The third kappa shape index (κ3) is 4.20. The number of nitrogens with zero attached hydrogens (tertiary/aromatic N) is 3. The first-order chi connectivity index (χ1) is 9.21. The van der Waals surface area contributed by atoms with Crippen LogP contribution in [0.15, 0.2) is 0 Å². The van der Waals surface area contributed by atoms with Gasteiger partial charge in [-0.25, -0.2) is 0 Å². The molecule has 5 nitrogen and oxygen atoms in total. The van der Waals surface area contributed by atoms with E-state index in [4.69, 9.17) is 16.3 Å². The number of anilines is 1. The van der Waals surface area contributed by atoms with Crippen LogP contribution in [0.25, 0.3) is 0 Å². The molecule has 0 unspecified atom stereocenters. The van der Waals surface area contributed by atoms with Crippen molar-refractivity contribution >= 4 is 17.5 Å². The van der Waals surface area contributed by atoms with E-state index in [0.717, 1.165) is 12.5 Å². The van der Waals surface area contributed by atoms with Crippen LogP contribution in [0, 0.1) is 11.8 Å². The first-order valence-electron chi connectivity index (χ1n) is 6.90. The molecule has 6 heteroatoms. The number of nitrogens with one attached hydrogen (secondary N) is 1. The summed E-state index contributed by atoms with van der Waals surface area (Å²) in [5.74, 6) is 2.11. The van der Waals surface area contributed by atoms with Crippen molar-refractivity contribution in [2.45, 2.75) is 39.0 Å². The van der Waals surface area contributed by atoms with E-state index in [1.807, 2.05) is 0 Å². The van der Waals surface area contributed by atoms with E-state index in [2.05, 4.69) is 27.2 Å². The molecule has 0 atom stereocenters. The Labute approximate surface area is 119 Å².